The van der Waals surface area contributed by atoms with E-state index in [9.17, 15) is 28.1 Å². The predicted octanol–water partition coefficient (Wildman–Crippen LogP) is 6.31. The van der Waals surface area contributed by atoms with Crippen molar-refractivity contribution in [1.82, 2.24) is 10.2 Å². The molecule has 190 valence electrons. The summed E-state index contributed by atoms with van der Waals surface area (Å²) in [4.78, 5) is 26.5. The Kier molecular flexibility index (Phi) is 8.00. The van der Waals surface area contributed by atoms with Gasteiger partial charge in [0.15, 0.2) is 0 Å². The number of halogens is 3. The molecule has 0 saturated carbocycles. The summed E-state index contributed by atoms with van der Waals surface area (Å²) in [7, 11) is 0. The molecule has 0 unspecified atom stereocenters. The highest BCUT2D eigenvalue weighted by atomic mass is 32.2. The van der Waals surface area contributed by atoms with E-state index in [1.165, 1.54) is 0 Å². The molecule has 4 rings (SSSR count). The standard InChI is InChI=1S/C25H24F3N3O4S/c26-25(27,28)17-10-11-23(19(15-17)31(33)34)36-22-9-3-2-7-18(22)24(32)29-16-20(21-8-6-14-35-21)30-12-4-1-5-13-30/h2-3,6-11,14-15,20H,1,4-5,12-13,16H2,(H,29,32)/t20-/m1/s1. The first kappa shape index (κ1) is 25.8. The minimum atomic E-state index is -4.70. The number of rotatable bonds is 8. The van der Waals surface area contributed by atoms with E-state index in [1.54, 1.807) is 36.6 Å². The van der Waals surface area contributed by atoms with Crippen molar-refractivity contribution >= 4 is 23.4 Å². The zero-order valence-electron chi connectivity index (χ0n) is 19.2. The van der Waals surface area contributed by atoms with Gasteiger partial charge < -0.3 is 9.73 Å². The zero-order chi connectivity index (χ0) is 25.7. The average Bonchev–Trinajstić information content (AvgIpc) is 3.39. The Morgan fingerprint density at radius 1 is 1.08 bits per heavy atom. The first-order valence-electron chi connectivity index (χ1n) is 11.4. The van der Waals surface area contributed by atoms with Gasteiger partial charge in [-0.3, -0.25) is 19.8 Å². The van der Waals surface area contributed by atoms with Gasteiger partial charge in [-0.05, 0) is 62.3 Å². The number of likely N-dealkylation sites (tertiary alicyclic amines) is 1. The molecule has 0 bridgehead atoms. The average molecular weight is 520 g/mol. The Balaban J connectivity index is 1.54. The number of nitrogens with one attached hydrogen (secondary N) is 1. The summed E-state index contributed by atoms with van der Waals surface area (Å²) in [5.41, 5.74) is -1.51. The molecule has 1 aliphatic rings. The Morgan fingerprint density at radius 2 is 1.83 bits per heavy atom. The normalized spacial score (nSPS) is 15.4. The van der Waals surface area contributed by atoms with Crippen LogP contribution in [0.2, 0.25) is 0 Å². The topological polar surface area (TPSA) is 88.6 Å². The van der Waals surface area contributed by atoms with E-state index in [1.807, 2.05) is 6.07 Å². The highest BCUT2D eigenvalue weighted by Gasteiger charge is 2.33. The molecule has 2 aromatic carbocycles. The Hall–Kier alpha value is -3.31. The number of carbonyl (C=O) groups is 1. The van der Waals surface area contributed by atoms with Crippen LogP contribution in [0.4, 0.5) is 18.9 Å². The van der Waals surface area contributed by atoms with Crippen molar-refractivity contribution in [2.45, 2.75) is 41.3 Å². The second-order valence-electron chi connectivity index (χ2n) is 8.37. The van der Waals surface area contributed by atoms with Gasteiger partial charge in [0, 0.05) is 17.5 Å². The maximum atomic E-state index is 13.2. The maximum absolute atomic E-state index is 13.2. The van der Waals surface area contributed by atoms with Crippen LogP contribution in [0.5, 0.6) is 0 Å². The Labute approximate surface area is 209 Å². The molecule has 11 heteroatoms. The van der Waals surface area contributed by atoms with Crippen molar-refractivity contribution in [3.8, 4) is 0 Å². The molecule has 1 aromatic heterocycles. The molecule has 2 heterocycles. The van der Waals surface area contributed by atoms with E-state index in [2.05, 4.69) is 10.2 Å². The van der Waals surface area contributed by atoms with E-state index in [-0.39, 0.29) is 22.4 Å². The van der Waals surface area contributed by atoms with E-state index in [4.69, 9.17) is 4.42 Å². The van der Waals surface area contributed by atoms with Gasteiger partial charge in [-0.2, -0.15) is 13.2 Å². The lowest BCUT2D eigenvalue weighted by Crippen LogP contribution is -2.40. The summed E-state index contributed by atoms with van der Waals surface area (Å²) < 4.78 is 44.8. The SMILES string of the molecule is O=C(NC[C@H](c1ccco1)N1CCCCC1)c1ccccc1Sc1ccc(C(F)(F)F)cc1[N+](=O)[O-]. The van der Waals surface area contributed by atoms with Crippen LogP contribution in [-0.4, -0.2) is 35.4 Å². The van der Waals surface area contributed by atoms with Gasteiger partial charge in [0.2, 0.25) is 0 Å². The summed E-state index contributed by atoms with van der Waals surface area (Å²) in [6, 6.07) is 12.4. The largest absolute Gasteiger partial charge is 0.468 e. The first-order chi connectivity index (χ1) is 17.2. The lowest BCUT2D eigenvalue weighted by atomic mass is 10.1. The molecule has 0 radical (unpaired) electrons. The third kappa shape index (κ3) is 6.08. The molecule has 1 aliphatic heterocycles. The minimum absolute atomic E-state index is 0.00929. The van der Waals surface area contributed by atoms with Crippen LogP contribution in [0.1, 0.15) is 47.0 Å². The third-order valence-corrected chi connectivity index (χ3v) is 7.13. The Morgan fingerprint density at radius 3 is 2.50 bits per heavy atom. The maximum Gasteiger partial charge on any atom is 0.416 e. The zero-order valence-corrected chi connectivity index (χ0v) is 20.0. The van der Waals surface area contributed by atoms with Crippen LogP contribution in [0.15, 0.2) is 75.1 Å². The quantitative estimate of drug-likeness (QED) is 0.277. The van der Waals surface area contributed by atoms with Crippen LogP contribution in [0, 0.1) is 10.1 Å². The van der Waals surface area contributed by atoms with Gasteiger partial charge in [0.25, 0.3) is 11.6 Å². The molecule has 1 fully saturated rings. The number of piperidine rings is 1. The fraction of sp³-hybridized carbons (Fsp3) is 0.320. The third-order valence-electron chi connectivity index (χ3n) is 5.99. The molecule has 36 heavy (non-hydrogen) atoms. The van der Waals surface area contributed by atoms with Crippen molar-refractivity contribution in [1.29, 1.82) is 0 Å². The molecule has 0 aliphatic carbocycles. The minimum Gasteiger partial charge on any atom is -0.468 e. The lowest BCUT2D eigenvalue weighted by Gasteiger charge is -2.33. The number of benzene rings is 2. The summed E-state index contributed by atoms with van der Waals surface area (Å²) in [6.45, 7) is 2.09. The highest BCUT2D eigenvalue weighted by Crippen LogP contribution is 2.40. The smallest absolute Gasteiger partial charge is 0.416 e. The first-order valence-corrected chi connectivity index (χ1v) is 12.2. The summed E-state index contributed by atoms with van der Waals surface area (Å²) in [6.07, 6.45) is 0.184. The lowest BCUT2D eigenvalue weighted by molar-refractivity contribution is -0.388. The number of furan rings is 1. The van der Waals surface area contributed by atoms with Crippen LogP contribution in [0.3, 0.4) is 0 Å². The monoisotopic (exact) mass is 519 g/mol. The molecule has 1 amide bonds. The van der Waals surface area contributed by atoms with Gasteiger partial charge in [-0.1, -0.05) is 30.3 Å². The second-order valence-corrected chi connectivity index (χ2v) is 9.46. The van der Waals surface area contributed by atoms with Crippen molar-refractivity contribution in [3.63, 3.8) is 0 Å². The fourth-order valence-electron chi connectivity index (χ4n) is 4.19. The highest BCUT2D eigenvalue weighted by molar-refractivity contribution is 7.99. The molecule has 0 spiro atoms. The number of amides is 1. The Bertz CT molecular complexity index is 1210. The molecule has 7 nitrogen and oxygen atoms in total. The number of nitro groups is 1. The summed E-state index contributed by atoms with van der Waals surface area (Å²) in [5.74, 6) is 0.362. The number of carbonyl (C=O) groups excluding carboxylic acids is 1. The molecule has 1 N–H and O–H groups in total. The summed E-state index contributed by atoms with van der Waals surface area (Å²) >= 11 is 0.878. The predicted molar refractivity (Wildman–Crippen MR) is 128 cm³/mol. The molecule has 3 aromatic rings. The van der Waals surface area contributed by atoms with Crippen molar-refractivity contribution in [2.75, 3.05) is 19.6 Å². The van der Waals surface area contributed by atoms with Gasteiger partial charge in [-0.25, -0.2) is 0 Å². The molecule has 1 saturated heterocycles. The number of hydrogen-bond donors (Lipinski definition) is 1. The molecule has 1 atom stereocenters. The van der Waals surface area contributed by atoms with Gasteiger partial charge >= 0.3 is 6.18 Å². The van der Waals surface area contributed by atoms with Crippen molar-refractivity contribution in [3.05, 3.63) is 87.9 Å². The van der Waals surface area contributed by atoms with Gasteiger partial charge in [-0.15, -0.1) is 0 Å². The van der Waals surface area contributed by atoms with E-state index < -0.39 is 22.4 Å². The number of nitro benzene ring substituents is 1. The van der Waals surface area contributed by atoms with E-state index in [0.29, 0.717) is 17.5 Å². The van der Waals surface area contributed by atoms with Crippen LogP contribution in [-0.2, 0) is 6.18 Å². The van der Waals surface area contributed by atoms with Crippen molar-refractivity contribution < 1.29 is 27.3 Å². The number of alkyl halides is 3. The fourth-order valence-corrected chi connectivity index (χ4v) is 5.22. The number of nitrogens with zero attached hydrogens (tertiary/aromatic N) is 2. The van der Waals surface area contributed by atoms with E-state index >= 15 is 0 Å². The summed E-state index contributed by atoms with van der Waals surface area (Å²) in [5, 5.41) is 14.4. The molecular formula is C25H24F3N3O4S. The van der Waals surface area contributed by atoms with Crippen molar-refractivity contribution in [2.24, 2.45) is 0 Å². The second kappa shape index (κ2) is 11.2. The van der Waals surface area contributed by atoms with Crippen LogP contribution in [0.25, 0.3) is 0 Å². The number of hydrogen-bond acceptors (Lipinski definition) is 6. The molecular weight excluding hydrogens is 495 g/mol. The van der Waals surface area contributed by atoms with Crippen LogP contribution < -0.4 is 5.32 Å². The van der Waals surface area contributed by atoms with E-state index in [0.717, 1.165) is 62.0 Å². The van der Waals surface area contributed by atoms with Gasteiger partial charge in [0.1, 0.15) is 5.76 Å². The van der Waals surface area contributed by atoms with Crippen LogP contribution >= 0.6 is 11.8 Å². The van der Waals surface area contributed by atoms with Gasteiger partial charge in [0.05, 0.1) is 33.3 Å².